The van der Waals surface area contributed by atoms with Gasteiger partial charge in [-0.25, -0.2) is 9.18 Å². The summed E-state index contributed by atoms with van der Waals surface area (Å²) in [5, 5.41) is 2.85. The largest absolute Gasteiger partial charge is 0.493 e. The number of methoxy groups -OCH3 is 2. The SMILES string of the molecule is COc1ccc(C(=O)Nc2ccc(N3CCCN(Cc4ccc(F)cc4)C3=O)cc2)cc1OC. The van der Waals surface area contributed by atoms with Crippen molar-refractivity contribution in [3.63, 3.8) is 0 Å². The van der Waals surface area contributed by atoms with Crippen molar-refractivity contribution in [1.29, 1.82) is 0 Å². The molecular formula is C26H26FN3O4. The van der Waals surface area contributed by atoms with E-state index in [-0.39, 0.29) is 17.8 Å². The lowest BCUT2D eigenvalue weighted by Gasteiger charge is -2.35. The normalized spacial score (nSPS) is 13.6. The first kappa shape index (κ1) is 23.1. The van der Waals surface area contributed by atoms with Crippen LogP contribution >= 0.6 is 0 Å². The molecule has 3 amide bonds. The minimum absolute atomic E-state index is 0.0994. The van der Waals surface area contributed by atoms with Gasteiger partial charge in [-0.2, -0.15) is 0 Å². The number of rotatable bonds is 7. The van der Waals surface area contributed by atoms with E-state index in [4.69, 9.17) is 9.47 Å². The van der Waals surface area contributed by atoms with E-state index >= 15 is 0 Å². The van der Waals surface area contributed by atoms with E-state index in [0.717, 1.165) is 17.7 Å². The van der Waals surface area contributed by atoms with Gasteiger partial charge in [0.2, 0.25) is 0 Å². The summed E-state index contributed by atoms with van der Waals surface area (Å²) in [4.78, 5) is 29.2. The molecule has 3 aromatic carbocycles. The van der Waals surface area contributed by atoms with Gasteiger partial charge in [0, 0.05) is 36.6 Å². The summed E-state index contributed by atoms with van der Waals surface area (Å²) in [7, 11) is 3.05. The Morgan fingerprint density at radius 2 is 1.65 bits per heavy atom. The van der Waals surface area contributed by atoms with Gasteiger partial charge in [-0.1, -0.05) is 12.1 Å². The maximum atomic E-state index is 13.2. The second-order valence-corrected chi connectivity index (χ2v) is 7.91. The Morgan fingerprint density at radius 3 is 2.32 bits per heavy atom. The summed E-state index contributed by atoms with van der Waals surface area (Å²) < 4.78 is 23.6. The molecule has 3 aromatic rings. The first-order valence-corrected chi connectivity index (χ1v) is 10.9. The zero-order chi connectivity index (χ0) is 24.1. The number of urea groups is 1. The number of amides is 3. The lowest BCUT2D eigenvalue weighted by molar-refractivity contribution is 0.102. The first-order valence-electron chi connectivity index (χ1n) is 10.9. The second kappa shape index (κ2) is 10.2. The maximum absolute atomic E-state index is 13.2. The highest BCUT2D eigenvalue weighted by Crippen LogP contribution is 2.28. The predicted octanol–water partition coefficient (Wildman–Crippen LogP) is 4.93. The summed E-state index contributed by atoms with van der Waals surface area (Å²) in [5.74, 6) is 0.434. The predicted molar refractivity (Wildman–Crippen MR) is 128 cm³/mol. The molecule has 0 saturated carbocycles. The average Bonchev–Trinajstić information content (AvgIpc) is 2.86. The molecule has 0 unspecified atom stereocenters. The highest BCUT2D eigenvalue weighted by atomic mass is 19.1. The van der Waals surface area contributed by atoms with Crippen LogP contribution in [0.2, 0.25) is 0 Å². The molecule has 176 valence electrons. The van der Waals surface area contributed by atoms with Crippen LogP contribution in [0.3, 0.4) is 0 Å². The maximum Gasteiger partial charge on any atom is 0.324 e. The van der Waals surface area contributed by atoms with Crippen LogP contribution in [0.4, 0.5) is 20.6 Å². The number of hydrogen-bond acceptors (Lipinski definition) is 4. The molecule has 0 bridgehead atoms. The van der Waals surface area contributed by atoms with Gasteiger partial charge < -0.3 is 19.7 Å². The van der Waals surface area contributed by atoms with Gasteiger partial charge in [-0.3, -0.25) is 9.69 Å². The van der Waals surface area contributed by atoms with Gasteiger partial charge in [-0.05, 0) is 66.6 Å². The number of carbonyl (C=O) groups excluding carboxylic acids is 2. The summed E-state index contributed by atoms with van der Waals surface area (Å²) in [5.41, 5.74) is 2.67. The van der Waals surface area contributed by atoms with Crippen molar-refractivity contribution in [3.05, 3.63) is 83.7 Å². The van der Waals surface area contributed by atoms with Crippen molar-refractivity contribution < 1.29 is 23.5 Å². The topological polar surface area (TPSA) is 71.1 Å². The minimum Gasteiger partial charge on any atom is -0.493 e. The third kappa shape index (κ3) is 5.11. The lowest BCUT2D eigenvalue weighted by atomic mass is 10.1. The number of nitrogens with one attached hydrogen (secondary N) is 1. The Balaban J connectivity index is 1.42. The Bertz CT molecular complexity index is 1170. The highest BCUT2D eigenvalue weighted by Gasteiger charge is 2.26. The lowest BCUT2D eigenvalue weighted by Crippen LogP contribution is -2.49. The van der Waals surface area contributed by atoms with Crippen molar-refractivity contribution in [2.75, 3.05) is 37.5 Å². The zero-order valence-corrected chi connectivity index (χ0v) is 19.1. The number of benzene rings is 3. The van der Waals surface area contributed by atoms with Gasteiger partial charge >= 0.3 is 6.03 Å². The van der Waals surface area contributed by atoms with Crippen LogP contribution in [0, 0.1) is 5.82 Å². The number of anilines is 2. The second-order valence-electron chi connectivity index (χ2n) is 7.91. The van der Waals surface area contributed by atoms with Crippen LogP contribution in [0.1, 0.15) is 22.3 Å². The smallest absolute Gasteiger partial charge is 0.324 e. The number of hydrogen-bond donors (Lipinski definition) is 1. The van der Waals surface area contributed by atoms with E-state index in [1.807, 2.05) is 12.1 Å². The summed E-state index contributed by atoms with van der Waals surface area (Å²) in [6.45, 7) is 1.68. The summed E-state index contributed by atoms with van der Waals surface area (Å²) in [6.07, 6.45) is 0.824. The Kier molecular flexibility index (Phi) is 6.96. The molecule has 4 rings (SSSR count). The molecule has 1 heterocycles. The number of nitrogens with zero attached hydrogens (tertiary/aromatic N) is 2. The minimum atomic E-state index is -0.298. The van der Waals surface area contributed by atoms with Crippen LogP contribution in [0.25, 0.3) is 0 Å². The molecule has 8 heteroatoms. The monoisotopic (exact) mass is 463 g/mol. The molecule has 1 fully saturated rings. The highest BCUT2D eigenvalue weighted by molar-refractivity contribution is 6.04. The molecule has 0 spiro atoms. The fourth-order valence-corrected chi connectivity index (χ4v) is 3.88. The van der Waals surface area contributed by atoms with Crippen molar-refractivity contribution in [2.45, 2.75) is 13.0 Å². The third-order valence-corrected chi connectivity index (χ3v) is 5.68. The van der Waals surface area contributed by atoms with Crippen molar-refractivity contribution in [3.8, 4) is 11.5 Å². The fourth-order valence-electron chi connectivity index (χ4n) is 3.88. The van der Waals surface area contributed by atoms with Crippen LogP contribution in [0.15, 0.2) is 66.7 Å². The molecule has 1 N–H and O–H groups in total. The standard InChI is InChI=1S/C26H26FN3O4/c1-33-23-13-6-19(16-24(23)34-2)25(31)28-21-9-11-22(12-10-21)30-15-3-14-29(26(30)32)17-18-4-7-20(27)8-5-18/h4-13,16H,3,14-15,17H2,1-2H3,(H,28,31). The fraction of sp³-hybridized carbons (Fsp3) is 0.231. The van der Waals surface area contributed by atoms with Gasteiger partial charge in [-0.15, -0.1) is 0 Å². The molecule has 1 aliphatic heterocycles. The summed E-state index contributed by atoms with van der Waals surface area (Å²) in [6, 6.07) is 18.2. The molecule has 0 atom stereocenters. The van der Waals surface area contributed by atoms with E-state index in [1.165, 1.54) is 26.4 Å². The molecular weight excluding hydrogens is 437 g/mol. The van der Waals surface area contributed by atoms with Crippen LogP contribution in [-0.4, -0.2) is 44.1 Å². The van der Waals surface area contributed by atoms with Crippen LogP contribution < -0.4 is 19.7 Å². The van der Waals surface area contributed by atoms with E-state index in [0.29, 0.717) is 42.4 Å². The summed E-state index contributed by atoms with van der Waals surface area (Å²) >= 11 is 0. The van der Waals surface area contributed by atoms with Crippen LogP contribution in [-0.2, 0) is 6.54 Å². The van der Waals surface area contributed by atoms with E-state index in [2.05, 4.69) is 5.32 Å². The number of halogens is 1. The van der Waals surface area contributed by atoms with Gasteiger partial charge in [0.15, 0.2) is 11.5 Å². The average molecular weight is 464 g/mol. The Labute approximate surface area is 197 Å². The molecule has 34 heavy (non-hydrogen) atoms. The quantitative estimate of drug-likeness (QED) is 0.540. The van der Waals surface area contributed by atoms with Crippen molar-refractivity contribution in [1.82, 2.24) is 4.90 Å². The number of ether oxygens (including phenoxy) is 2. The first-order chi connectivity index (χ1) is 16.5. The van der Waals surface area contributed by atoms with Crippen molar-refractivity contribution >= 4 is 23.3 Å². The van der Waals surface area contributed by atoms with E-state index in [9.17, 15) is 14.0 Å². The third-order valence-electron chi connectivity index (χ3n) is 5.68. The molecule has 0 radical (unpaired) electrons. The Hall–Kier alpha value is -4.07. The zero-order valence-electron chi connectivity index (χ0n) is 19.1. The van der Waals surface area contributed by atoms with E-state index < -0.39 is 0 Å². The van der Waals surface area contributed by atoms with Gasteiger partial charge in [0.05, 0.1) is 14.2 Å². The van der Waals surface area contributed by atoms with Gasteiger partial charge in [0.1, 0.15) is 5.82 Å². The molecule has 0 aromatic heterocycles. The van der Waals surface area contributed by atoms with Gasteiger partial charge in [0.25, 0.3) is 5.91 Å². The van der Waals surface area contributed by atoms with E-state index in [1.54, 1.807) is 52.3 Å². The molecule has 1 aliphatic rings. The molecule has 0 aliphatic carbocycles. The Morgan fingerprint density at radius 1 is 0.941 bits per heavy atom. The molecule has 7 nitrogen and oxygen atoms in total. The molecule has 1 saturated heterocycles. The van der Waals surface area contributed by atoms with Crippen molar-refractivity contribution in [2.24, 2.45) is 0 Å². The van der Waals surface area contributed by atoms with Crippen LogP contribution in [0.5, 0.6) is 11.5 Å². The number of carbonyl (C=O) groups is 2.